The predicted molar refractivity (Wildman–Crippen MR) is 187 cm³/mol. The van der Waals surface area contributed by atoms with Crippen LogP contribution in [0.1, 0.15) is 39.2 Å². The van der Waals surface area contributed by atoms with E-state index in [4.69, 9.17) is 21.9 Å². The first kappa shape index (κ1) is 33.7. The van der Waals surface area contributed by atoms with Gasteiger partial charge in [-0.1, -0.05) is 30.3 Å². The van der Waals surface area contributed by atoms with E-state index in [-0.39, 0.29) is 46.1 Å². The molecular weight excluding hydrogens is 669 g/mol. The van der Waals surface area contributed by atoms with Crippen LogP contribution >= 0.6 is 11.3 Å². The van der Waals surface area contributed by atoms with Crippen LogP contribution in [0, 0.1) is 5.92 Å². The van der Waals surface area contributed by atoms with Crippen molar-refractivity contribution in [1.82, 2.24) is 15.6 Å². The van der Waals surface area contributed by atoms with Gasteiger partial charge in [0.25, 0.3) is 15.9 Å². The molecule has 0 bridgehead atoms. The van der Waals surface area contributed by atoms with Crippen LogP contribution < -0.4 is 37.3 Å². The molecule has 1 amide bonds. The first-order valence-corrected chi connectivity index (χ1v) is 17.8. The Balaban J connectivity index is 1.22. The summed E-state index contributed by atoms with van der Waals surface area (Å²) in [5.41, 5.74) is 19.2. The number of anilines is 2. The van der Waals surface area contributed by atoms with Gasteiger partial charge in [-0.15, -0.1) is 11.3 Å². The van der Waals surface area contributed by atoms with E-state index in [1.54, 1.807) is 23.7 Å². The van der Waals surface area contributed by atoms with Gasteiger partial charge in [0, 0.05) is 32.3 Å². The van der Waals surface area contributed by atoms with Crippen molar-refractivity contribution < 1.29 is 27.9 Å². The number of guanidine groups is 1. The zero-order valence-corrected chi connectivity index (χ0v) is 27.9. The topological polar surface area (TPSA) is 237 Å². The van der Waals surface area contributed by atoms with Gasteiger partial charge in [0.15, 0.2) is 5.96 Å². The van der Waals surface area contributed by atoms with Gasteiger partial charge in [0.1, 0.15) is 26.9 Å². The summed E-state index contributed by atoms with van der Waals surface area (Å²) in [5.74, 6) is -1.67. The average molecular weight is 705 g/mol. The highest BCUT2D eigenvalue weighted by atomic mass is 32.2. The van der Waals surface area contributed by atoms with Gasteiger partial charge < -0.3 is 37.7 Å². The number of nitrogen functional groups attached to an aromatic ring is 1. The fraction of sp³-hybridized carbons (Fsp3) is 0.273. The first-order chi connectivity index (χ1) is 23.5. The number of carboxylic acid groups (broad SMARTS) is 1. The van der Waals surface area contributed by atoms with Crippen molar-refractivity contribution in [2.75, 3.05) is 23.6 Å². The Morgan fingerprint density at radius 3 is 2.69 bits per heavy atom. The van der Waals surface area contributed by atoms with Crippen LogP contribution in [-0.4, -0.2) is 55.0 Å². The molecule has 4 aromatic rings. The highest BCUT2D eigenvalue weighted by Crippen LogP contribution is 2.47. The molecule has 3 heterocycles. The number of nitrogens with one attached hydrogen (secondary N) is 3. The van der Waals surface area contributed by atoms with Gasteiger partial charge in [-0.2, -0.15) is 0 Å². The third-order valence-corrected chi connectivity index (χ3v) is 10.9. The number of aliphatic imine (C=N–C) groups is 1. The molecule has 49 heavy (non-hydrogen) atoms. The van der Waals surface area contributed by atoms with Gasteiger partial charge >= 0.3 is 5.97 Å². The molecule has 0 radical (unpaired) electrons. The number of hydrogen-bond donors (Lipinski definition) is 7. The Kier molecular flexibility index (Phi) is 9.45. The second-order valence-corrected chi connectivity index (χ2v) is 14.5. The minimum atomic E-state index is -4.28. The van der Waals surface area contributed by atoms with E-state index in [9.17, 15) is 23.1 Å². The first-order valence-electron chi connectivity index (χ1n) is 15.5. The van der Waals surface area contributed by atoms with Crippen LogP contribution in [0.2, 0.25) is 0 Å². The quantitative estimate of drug-likeness (QED) is 0.0744. The Labute approximate surface area is 286 Å². The van der Waals surface area contributed by atoms with E-state index in [0.717, 1.165) is 33.6 Å². The summed E-state index contributed by atoms with van der Waals surface area (Å²) in [6.45, 7) is 1.62. The molecular formula is C33H36N8O6S2. The molecule has 1 unspecified atom stereocenters. The molecule has 2 aliphatic rings. The minimum absolute atomic E-state index is 0.0275. The van der Waals surface area contributed by atoms with Gasteiger partial charge in [-0.3, -0.25) is 14.5 Å². The van der Waals surface area contributed by atoms with Crippen LogP contribution in [0.4, 0.5) is 11.5 Å². The van der Waals surface area contributed by atoms with E-state index in [1.807, 2.05) is 36.4 Å². The largest absolute Gasteiger partial charge is 0.492 e. The average Bonchev–Trinajstić information content (AvgIpc) is 3.35. The van der Waals surface area contributed by atoms with Gasteiger partial charge in [0.2, 0.25) is 0 Å². The molecule has 1 saturated carbocycles. The number of nitrogens with two attached hydrogens (primary N) is 3. The standard InChI is InChI=1S/C33H36N8O6S2/c34-27-6-5-19(17-39-27)16-37-18-21-3-1-2-4-24(21)22-13-20-8-11-47-28(20)26(14-22)49(45,46)41-25-9-12-48-29(25)30(42)40-33(31(43)44)15-23(33)7-10-38-32(35)36/h1-6,9,12-14,17,23,37,41H,7-8,10-11,15-16,18H2,(H2,34,39)(H,40,42)(H,43,44)(H4,35,36,38)/t23-,33?/m1/s1. The number of thiophene rings is 1. The number of aromatic nitrogens is 1. The number of nitrogens with zero attached hydrogens (tertiary/aromatic N) is 2. The number of ether oxygens (including phenoxy) is 1. The number of hydrogen-bond acceptors (Lipinski definition) is 10. The summed E-state index contributed by atoms with van der Waals surface area (Å²) in [5, 5.41) is 17.5. The van der Waals surface area contributed by atoms with Crippen molar-refractivity contribution >= 4 is 50.7 Å². The molecule has 16 heteroatoms. The maximum atomic E-state index is 14.0. The minimum Gasteiger partial charge on any atom is -0.492 e. The lowest BCUT2D eigenvalue weighted by Gasteiger charge is -2.17. The van der Waals surface area contributed by atoms with Crippen molar-refractivity contribution in [2.45, 2.75) is 42.8 Å². The number of fused-ring (bicyclic) bond motifs is 1. The fourth-order valence-electron chi connectivity index (χ4n) is 5.99. The molecule has 2 atom stereocenters. The highest BCUT2D eigenvalue weighted by molar-refractivity contribution is 7.92. The van der Waals surface area contributed by atoms with Gasteiger partial charge in [-0.05, 0) is 76.2 Å². The van der Waals surface area contributed by atoms with E-state index >= 15 is 0 Å². The molecule has 2 aromatic heterocycles. The Bertz CT molecular complexity index is 2030. The molecule has 14 nitrogen and oxygen atoms in total. The molecule has 1 aliphatic heterocycles. The maximum Gasteiger partial charge on any atom is 0.329 e. The predicted octanol–water partition coefficient (Wildman–Crippen LogP) is 2.65. The lowest BCUT2D eigenvalue weighted by Crippen LogP contribution is -2.45. The molecule has 0 spiro atoms. The van der Waals surface area contributed by atoms with Crippen LogP contribution in [0.3, 0.4) is 0 Å². The maximum absolute atomic E-state index is 14.0. The smallest absolute Gasteiger partial charge is 0.329 e. The number of aliphatic carboxylic acids is 1. The number of amides is 1. The third-order valence-electron chi connectivity index (χ3n) is 8.57. The number of carbonyl (C=O) groups is 2. The van der Waals surface area contributed by atoms with E-state index in [0.29, 0.717) is 43.9 Å². The summed E-state index contributed by atoms with van der Waals surface area (Å²) in [6.07, 6.45) is 2.80. The number of pyridine rings is 1. The number of rotatable bonds is 14. The normalized spacial score (nSPS) is 17.8. The Morgan fingerprint density at radius 1 is 1.12 bits per heavy atom. The Morgan fingerprint density at radius 2 is 1.94 bits per heavy atom. The lowest BCUT2D eigenvalue weighted by molar-refractivity contribution is -0.140. The fourth-order valence-corrected chi connectivity index (χ4v) is 8.08. The highest BCUT2D eigenvalue weighted by Gasteiger charge is 2.61. The SMILES string of the molecule is NC(N)=NCC[C@@H]1CC1(NC(=O)c1sccc1NS(=O)(=O)c1cc(-c2ccccc2CNCc2ccc(N)nc2)cc2c1OCC2)C(=O)O. The molecule has 256 valence electrons. The van der Waals surface area contributed by atoms with Crippen LogP contribution in [0.5, 0.6) is 5.75 Å². The van der Waals surface area contributed by atoms with E-state index in [2.05, 4.69) is 25.3 Å². The van der Waals surface area contributed by atoms with Crippen LogP contribution in [0.25, 0.3) is 11.1 Å². The lowest BCUT2D eigenvalue weighted by atomic mass is 9.97. The van der Waals surface area contributed by atoms with Crippen molar-refractivity contribution in [3.05, 3.63) is 87.7 Å². The third kappa shape index (κ3) is 7.30. The van der Waals surface area contributed by atoms with Gasteiger partial charge in [-0.25, -0.2) is 18.2 Å². The zero-order valence-electron chi connectivity index (χ0n) is 26.3. The van der Waals surface area contributed by atoms with Crippen LogP contribution in [0.15, 0.2) is 76.1 Å². The number of benzene rings is 2. The summed E-state index contributed by atoms with van der Waals surface area (Å²) < 4.78 is 36.4. The van der Waals surface area contributed by atoms with E-state index in [1.165, 1.54) is 6.07 Å². The monoisotopic (exact) mass is 704 g/mol. The summed E-state index contributed by atoms with van der Waals surface area (Å²) in [4.78, 5) is 33.6. The van der Waals surface area contributed by atoms with Crippen molar-refractivity contribution in [3.8, 4) is 16.9 Å². The molecule has 1 aliphatic carbocycles. The second kappa shape index (κ2) is 13.7. The Hall–Kier alpha value is -5.19. The number of carbonyl (C=O) groups excluding carboxylic acids is 1. The van der Waals surface area contributed by atoms with Crippen molar-refractivity contribution in [1.29, 1.82) is 0 Å². The molecule has 10 N–H and O–H groups in total. The van der Waals surface area contributed by atoms with Crippen molar-refractivity contribution in [3.63, 3.8) is 0 Å². The van der Waals surface area contributed by atoms with Crippen molar-refractivity contribution in [2.24, 2.45) is 22.4 Å². The summed E-state index contributed by atoms with van der Waals surface area (Å²) in [7, 11) is -4.28. The summed E-state index contributed by atoms with van der Waals surface area (Å²) >= 11 is 0.996. The summed E-state index contributed by atoms with van der Waals surface area (Å²) in [6, 6.07) is 16.4. The molecule has 2 aromatic carbocycles. The van der Waals surface area contributed by atoms with Crippen LogP contribution in [-0.2, 0) is 34.3 Å². The number of sulfonamides is 1. The molecule has 0 saturated heterocycles. The second-order valence-electron chi connectivity index (χ2n) is 11.9. The number of carboxylic acids is 1. The molecule has 6 rings (SSSR count). The van der Waals surface area contributed by atoms with E-state index < -0.39 is 27.4 Å². The zero-order chi connectivity index (χ0) is 34.8. The van der Waals surface area contributed by atoms with Gasteiger partial charge in [0.05, 0.1) is 12.3 Å². The molecule has 1 fully saturated rings.